The van der Waals surface area contributed by atoms with Gasteiger partial charge in [-0.2, -0.15) is 10.4 Å². The first-order valence-electron chi connectivity index (χ1n) is 14.0. The number of halogens is 1. The van der Waals surface area contributed by atoms with Crippen LogP contribution in [-0.2, 0) is 20.7 Å². The monoisotopic (exact) mass is 566 g/mol. The lowest BCUT2D eigenvalue weighted by atomic mass is 9.97. The van der Waals surface area contributed by atoms with Crippen molar-refractivity contribution in [3.63, 3.8) is 0 Å². The third-order valence-electron chi connectivity index (χ3n) is 7.78. The second-order valence-electron chi connectivity index (χ2n) is 11.8. The molecule has 1 aliphatic carbocycles. The maximum absolute atomic E-state index is 15.2. The highest BCUT2D eigenvalue weighted by Crippen LogP contribution is 2.43. The molecule has 3 heterocycles. The van der Waals surface area contributed by atoms with Gasteiger partial charge in [0.2, 0.25) is 5.91 Å². The molecule has 5 rings (SSSR count). The van der Waals surface area contributed by atoms with Crippen LogP contribution in [0.5, 0.6) is 0 Å². The Balaban J connectivity index is 1.24. The van der Waals surface area contributed by atoms with Gasteiger partial charge in [-0.25, -0.2) is 13.9 Å². The molecule has 1 aromatic carbocycles. The van der Waals surface area contributed by atoms with Gasteiger partial charge in [-0.3, -0.25) is 14.5 Å². The van der Waals surface area contributed by atoms with Crippen LogP contribution in [0.3, 0.4) is 0 Å². The van der Waals surface area contributed by atoms with Crippen molar-refractivity contribution in [3.8, 4) is 11.8 Å². The molecule has 0 spiro atoms. The molecule has 3 aliphatic rings. The zero-order valence-electron chi connectivity index (χ0n) is 23.5. The summed E-state index contributed by atoms with van der Waals surface area (Å²) in [4.78, 5) is 42.1. The first kappa shape index (κ1) is 28.5. The van der Waals surface area contributed by atoms with Gasteiger partial charge in [0, 0.05) is 31.7 Å². The SMILES string of the molecule is CC(C)(C)OC(=O)N1[C@@H]2CC[C@@H](C2)[C@H]1C(=O)N[C@H](C#N)Cc1ccc(-n2cc(C(=O)N3CCOCC3)cn2)cc1F. The number of carbonyl (C=O) groups excluding carboxylic acids is 3. The maximum Gasteiger partial charge on any atom is 0.411 e. The largest absolute Gasteiger partial charge is 0.444 e. The van der Waals surface area contributed by atoms with Crippen LogP contribution < -0.4 is 5.32 Å². The fourth-order valence-electron chi connectivity index (χ4n) is 5.88. The summed E-state index contributed by atoms with van der Waals surface area (Å²) in [5.74, 6) is -1.16. The number of rotatable bonds is 6. The van der Waals surface area contributed by atoms with E-state index in [1.165, 1.54) is 27.9 Å². The van der Waals surface area contributed by atoms with Gasteiger partial charge in [-0.05, 0) is 63.6 Å². The number of ether oxygens (including phenoxy) is 2. The minimum atomic E-state index is -0.995. The van der Waals surface area contributed by atoms with Crippen LogP contribution in [0.25, 0.3) is 5.69 Å². The number of hydrogen-bond donors (Lipinski definition) is 1. The molecule has 2 aliphatic heterocycles. The fourth-order valence-corrected chi connectivity index (χ4v) is 5.88. The van der Waals surface area contributed by atoms with Gasteiger partial charge in [0.1, 0.15) is 23.5 Å². The van der Waals surface area contributed by atoms with E-state index in [2.05, 4.69) is 10.4 Å². The van der Waals surface area contributed by atoms with Crippen molar-refractivity contribution in [1.82, 2.24) is 24.9 Å². The number of hydrogen-bond acceptors (Lipinski definition) is 7. The normalized spacial score (nSPS) is 22.8. The van der Waals surface area contributed by atoms with Crippen molar-refractivity contribution in [3.05, 3.63) is 47.5 Å². The molecule has 2 saturated heterocycles. The Labute approximate surface area is 238 Å². The Morgan fingerprint density at radius 1 is 1.24 bits per heavy atom. The zero-order chi connectivity index (χ0) is 29.3. The molecular weight excluding hydrogens is 531 g/mol. The van der Waals surface area contributed by atoms with E-state index in [-0.39, 0.29) is 29.9 Å². The molecule has 2 aromatic rings. The highest BCUT2D eigenvalue weighted by Gasteiger charge is 2.52. The van der Waals surface area contributed by atoms with Gasteiger partial charge in [0.05, 0.1) is 36.7 Å². The van der Waals surface area contributed by atoms with E-state index in [1.807, 2.05) is 6.07 Å². The topological polar surface area (TPSA) is 130 Å². The average molecular weight is 567 g/mol. The number of nitrogens with one attached hydrogen (secondary N) is 1. The van der Waals surface area contributed by atoms with Gasteiger partial charge < -0.3 is 19.7 Å². The van der Waals surface area contributed by atoms with Crippen LogP contribution in [0.4, 0.5) is 9.18 Å². The van der Waals surface area contributed by atoms with Crippen molar-refractivity contribution in [2.45, 2.75) is 70.2 Å². The van der Waals surface area contributed by atoms with Crippen LogP contribution in [0.1, 0.15) is 56.0 Å². The Kier molecular flexibility index (Phi) is 8.00. The Morgan fingerprint density at radius 2 is 2.00 bits per heavy atom. The summed E-state index contributed by atoms with van der Waals surface area (Å²) in [6.45, 7) is 7.30. The van der Waals surface area contributed by atoms with E-state index in [4.69, 9.17) is 9.47 Å². The molecule has 3 amide bonds. The molecule has 41 heavy (non-hydrogen) atoms. The summed E-state index contributed by atoms with van der Waals surface area (Å²) in [5.41, 5.74) is 0.355. The Hall–Kier alpha value is -3.98. The first-order valence-corrected chi connectivity index (χ1v) is 14.0. The minimum absolute atomic E-state index is 0.00280. The average Bonchev–Trinajstić information content (AvgIpc) is 3.69. The van der Waals surface area contributed by atoms with Crippen LogP contribution in [0.2, 0.25) is 0 Å². The summed E-state index contributed by atoms with van der Waals surface area (Å²) < 4.78 is 27.4. The number of piperidine rings is 1. The van der Waals surface area contributed by atoms with Gasteiger partial charge in [0.15, 0.2) is 0 Å². The highest BCUT2D eigenvalue weighted by atomic mass is 19.1. The van der Waals surface area contributed by atoms with Crippen molar-refractivity contribution in [2.75, 3.05) is 26.3 Å². The molecule has 0 unspecified atom stereocenters. The molecule has 4 atom stereocenters. The smallest absolute Gasteiger partial charge is 0.411 e. The second kappa shape index (κ2) is 11.5. The molecular formula is C29H35FN6O5. The fraction of sp³-hybridized carbons (Fsp3) is 0.552. The second-order valence-corrected chi connectivity index (χ2v) is 11.8. The van der Waals surface area contributed by atoms with E-state index in [0.717, 1.165) is 19.3 Å². The van der Waals surface area contributed by atoms with E-state index < -0.39 is 35.5 Å². The van der Waals surface area contributed by atoms with Gasteiger partial charge in [0.25, 0.3) is 5.91 Å². The Bertz CT molecular complexity index is 1360. The van der Waals surface area contributed by atoms with Crippen LogP contribution in [0.15, 0.2) is 30.6 Å². The highest BCUT2D eigenvalue weighted by molar-refractivity contribution is 5.94. The van der Waals surface area contributed by atoms with E-state index in [0.29, 0.717) is 37.6 Å². The number of morpholine rings is 1. The van der Waals surface area contributed by atoms with Crippen molar-refractivity contribution >= 4 is 17.9 Å². The van der Waals surface area contributed by atoms with Crippen LogP contribution in [-0.4, -0.2) is 87.5 Å². The molecule has 2 bridgehead atoms. The third-order valence-corrected chi connectivity index (χ3v) is 7.78. The van der Waals surface area contributed by atoms with Crippen molar-refractivity contribution in [2.24, 2.45) is 5.92 Å². The molecule has 11 nitrogen and oxygen atoms in total. The number of carbonyl (C=O) groups is 3. The predicted octanol–water partition coefficient (Wildman–Crippen LogP) is 2.82. The summed E-state index contributed by atoms with van der Waals surface area (Å²) in [6, 6.07) is 4.73. The predicted molar refractivity (Wildman–Crippen MR) is 144 cm³/mol. The molecule has 1 saturated carbocycles. The van der Waals surface area contributed by atoms with Crippen LogP contribution >= 0.6 is 0 Å². The molecule has 218 valence electrons. The van der Waals surface area contributed by atoms with Crippen LogP contribution in [0, 0.1) is 23.1 Å². The van der Waals surface area contributed by atoms with Gasteiger partial charge in [-0.1, -0.05) is 6.07 Å². The summed E-state index contributed by atoms with van der Waals surface area (Å²) in [6.07, 6.45) is 4.76. The summed E-state index contributed by atoms with van der Waals surface area (Å²) in [5, 5.41) is 16.7. The van der Waals surface area contributed by atoms with E-state index in [1.54, 1.807) is 37.9 Å². The summed E-state index contributed by atoms with van der Waals surface area (Å²) in [7, 11) is 0. The Morgan fingerprint density at radius 3 is 2.68 bits per heavy atom. The molecule has 0 radical (unpaired) electrons. The number of aromatic nitrogens is 2. The number of nitriles is 1. The standard InChI is InChI=1S/C29H35FN6O5/c1-29(2,3)41-28(39)36-23-7-5-19(13-23)25(36)26(37)33-21(15-31)12-18-4-6-22(14-24(18)30)35-17-20(16-32-35)27(38)34-8-10-40-11-9-34/h4,6,14,16-17,19,21,23,25H,5,7-13H2,1-3H3,(H,33,37)/t19-,21-,23+,25-/m0/s1. The quantitative estimate of drug-likeness (QED) is 0.569. The van der Waals surface area contributed by atoms with Crippen molar-refractivity contribution < 1.29 is 28.2 Å². The van der Waals surface area contributed by atoms with Gasteiger partial charge >= 0.3 is 6.09 Å². The van der Waals surface area contributed by atoms with Crippen molar-refractivity contribution in [1.29, 1.82) is 5.26 Å². The third kappa shape index (κ3) is 6.20. The summed E-state index contributed by atoms with van der Waals surface area (Å²) >= 11 is 0. The number of fused-ring (bicyclic) bond motifs is 2. The van der Waals surface area contributed by atoms with Gasteiger partial charge in [-0.15, -0.1) is 0 Å². The first-order chi connectivity index (χ1) is 19.5. The van der Waals surface area contributed by atoms with E-state index in [9.17, 15) is 19.6 Å². The maximum atomic E-state index is 15.2. The number of likely N-dealkylation sites (tertiary alicyclic amines) is 1. The lowest BCUT2D eigenvalue weighted by Gasteiger charge is -2.35. The molecule has 1 N–H and O–H groups in total. The lowest BCUT2D eigenvalue weighted by molar-refractivity contribution is -0.128. The lowest BCUT2D eigenvalue weighted by Crippen LogP contribution is -2.55. The molecule has 12 heteroatoms. The number of nitrogens with zero attached hydrogens (tertiary/aromatic N) is 5. The molecule has 1 aromatic heterocycles. The molecule has 3 fully saturated rings. The number of benzene rings is 1. The zero-order valence-corrected chi connectivity index (χ0v) is 23.5. The minimum Gasteiger partial charge on any atom is -0.444 e. The number of amides is 3. The van der Waals surface area contributed by atoms with E-state index >= 15 is 4.39 Å².